The zero-order valence-corrected chi connectivity index (χ0v) is 11.3. The first-order valence-electron chi connectivity index (χ1n) is 6.44. The van der Waals surface area contributed by atoms with E-state index in [9.17, 15) is 10.1 Å². The molecule has 21 heavy (non-hydrogen) atoms. The Balaban J connectivity index is 2.18. The van der Waals surface area contributed by atoms with Gasteiger partial charge in [0.05, 0.1) is 10.6 Å². The molecule has 3 aromatic rings. The summed E-state index contributed by atoms with van der Waals surface area (Å²) in [5, 5.41) is 18.5. The summed E-state index contributed by atoms with van der Waals surface area (Å²) in [6.07, 6.45) is 0. The number of benzene rings is 2. The van der Waals surface area contributed by atoms with Gasteiger partial charge in [-0.25, -0.2) is 4.63 Å². The zero-order valence-electron chi connectivity index (χ0n) is 11.3. The van der Waals surface area contributed by atoms with E-state index in [4.69, 9.17) is 4.63 Å². The van der Waals surface area contributed by atoms with Crippen molar-refractivity contribution in [3.8, 4) is 0 Å². The van der Waals surface area contributed by atoms with E-state index in [-0.39, 0.29) is 11.2 Å². The number of nitro groups is 1. The predicted octanol–water partition coefficient (Wildman–Crippen LogP) is 3.29. The van der Waals surface area contributed by atoms with Crippen LogP contribution < -0.4 is 4.90 Å². The number of nitro benzene ring substituents is 1. The van der Waals surface area contributed by atoms with Gasteiger partial charge in [-0.3, -0.25) is 10.1 Å². The van der Waals surface area contributed by atoms with Gasteiger partial charge in [0.15, 0.2) is 5.52 Å². The van der Waals surface area contributed by atoms with Crippen molar-refractivity contribution >= 4 is 28.1 Å². The lowest BCUT2D eigenvalue weighted by Crippen LogP contribution is -2.16. The molecule has 0 spiro atoms. The minimum absolute atomic E-state index is 0.112. The fourth-order valence-electron chi connectivity index (χ4n) is 2.31. The second-order valence-electron chi connectivity index (χ2n) is 4.40. The topological polar surface area (TPSA) is 85.3 Å². The Morgan fingerprint density at radius 1 is 1.14 bits per heavy atom. The summed E-state index contributed by atoms with van der Waals surface area (Å²) < 4.78 is 4.70. The van der Waals surface area contributed by atoms with Crippen LogP contribution >= 0.6 is 0 Å². The Bertz CT molecular complexity index is 785. The molecule has 7 nitrogen and oxygen atoms in total. The van der Waals surface area contributed by atoms with E-state index in [0.29, 0.717) is 12.1 Å². The lowest BCUT2D eigenvalue weighted by molar-refractivity contribution is -0.383. The number of fused-ring (bicyclic) bond motifs is 1. The highest BCUT2D eigenvalue weighted by atomic mass is 16.6. The Hall–Kier alpha value is -2.96. The number of rotatable bonds is 4. The molecular weight excluding hydrogens is 272 g/mol. The van der Waals surface area contributed by atoms with Crippen molar-refractivity contribution in [1.82, 2.24) is 10.3 Å². The summed E-state index contributed by atoms with van der Waals surface area (Å²) in [5.74, 6) is 0. The first-order valence-corrected chi connectivity index (χ1v) is 6.44. The maximum atomic E-state index is 11.0. The number of anilines is 2. The minimum Gasteiger partial charge on any atom is -0.340 e. The third-order valence-electron chi connectivity index (χ3n) is 3.24. The van der Waals surface area contributed by atoms with Crippen molar-refractivity contribution < 1.29 is 9.55 Å². The maximum Gasteiger partial charge on any atom is 0.300 e. The van der Waals surface area contributed by atoms with Gasteiger partial charge in [0.25, 0.3) is 0 Å². The van der Waals surface area contributed by atoms with Gasteiger partial charge in [0.2, 0.25) is 5.52 Å². The van der Waals surface area contributed by atoms with Crippen LogP contribution in [-0.4, -0.2) is 21.8 Å². The van der Waals surface area contributed by atoms with Crippen molar-refractivity contribution in [2.45, 2.75) is 6.92 Å². The largest absolute Gasteiger partial charge is 0.340 e. The first-order chi connectivity index (χ1) is 10.2. The minimum atomic E-state index is -0.491. The van der Waals surface area contributed by atoms with Crippen molar-refractivity contribution in [3.63, 3.8) is 0 Å². The molecule has 1 aromatic heterocycles. The van der Waals surface area contributed by atoms with E-state index in [1.165, 1.54) is 6.07 Å². The van der Waals surface area contributed by atoms with Crippen molar-refractivity contribution in [3.05, 3.63) is 52.6 Å². The monoisotopic (exact) mass is 284 g/mol. The van der Waals surface area contributed by atoms with Gasteiger partial charge in [0.1, 0.15) is 0 Å². The molecule has 0 aliphatic carbocycles. The van der Waals surface area contributed by atoms with Crippen LogP contribution in [0.2, 0.25) is 0 Å². The van der Waals surface area contributed by atoms with E-state index in [2.05, 4.69) is 10.3 Å². The van der Waals surface area contributed by atoms with Gasteiger partial charge in [0, 0.05) is 18.3 Å². The van der Waals surface area contributed by atoms with Crippen LogP contribution in [0.25, 0.3) is 11.0 Å². The molecule has 0 atom stereocenters. The van der Waals surface area contributed by atoms with Crippen LogP contribution in [0.15, 0.2) is 47.1 Å². The van der Waals surface area contributed by atoms with Crippen molar-refractivity contribution in [2.24, 2.45) is 0 Å². The quantitative estimate of drug-likeness (QED) is 0.539. The molecule has 0 aliphatic rings. The van der Waals surface area contributed by atoms with E-state index in [1.54, 1.807) is 6.07 Å². The molecule has 3 rings (SSSR count). The number of hydrogen-bond acceptors (Lipinski definition) is 6. The first kappa shape index (κ1) is 13.0. The molecule has 0 bridgehead atoms. The van der Waals surface area contributed by atoms with E-state index < -0.39 is 4.92 Å². The van der Waals surface area contributed by atoms with Gasteiger partial charge < -0.3 is 4.90 Å². The van der Waals surface area contributed by atoms with Crippen molar-refractivity contribution in [1.29, 1.82) is 0 Å². The molecule has 0 radical (unpaired) electrons. The Morgan fingerprint density at radius 2 is 1.86 bits per heavy atom. The smallest absolute Gasteiger partial charge is 0.300 e. The van der Waals surface area contributed by atoms with Crippen LogP contribution in [0, 0.1) is 10.1 Å². The molecule has 0 aliphatic heterocycles. The van der Waals surface area contributed by atoms with Crippen molar-refractivity contribution in [2.75, 3.05) is 11.4 Å². The highest BCUT2D eigenvalue weighted by molar-refractivity contribution is 5.95. The summed E-state index contributed by atoms with van der Waals surface area (Å²) >= 11 is 0. The van der Waals surface area contributed by atoms with E-state index in [1.807, 2.05) is 42.2 Å². The molecule has 0 fully saturated rings. The van der Waals surface area contributed by atoms with Gasteiger partial charge >= 0.3 is 5.69 Å². The van der Waals surface area contributed by atoms with Crippen LogP contribution in [-0.2, 0) is 0 Å². The molecule has 0 unspecified atom stereocenters. The van der Waals surface area contributed by atoms with Crippen LogP contribution in [0.1, 0.15) is 6.92 Å². The Kier molecular flexibility index (Phi) is 3.23. The third kappa shape index (κ3) is 2.18. The number of para-hydroxylation sites is 1. The number of aromatic nitrogens is 2. The highest BCUT2D eigenvalue weighted by Crippen LogP contribution is 2.34. The molecule has 106 valence electrons. The van der Waals surface area contributed by atoms with E-state index >= 15 is 0 Å². The average Bonchev–Trinajstić information content (AvgIpc) is 2.98. The lowest BCUT2D eigenvalue weighted by atomic mass is 10.2. The molecule has 1 heterocycles. The van der Waals surface area contributed by atoms with Gasteiger partial charge in [-0.1, -0.05) is 18.2 Å². The average molecular weight is 284 g/mol. The van der Waals surface area contributed by atoms with Gasteiger partial charge in [-0.15, -0.1) is 0 Å². The molecule has 0 saturated heterocycles. The van der Waals surface area contributed by atoms with Gasteiger partial charge in [-0.05, 0) is 35.4 Å². The van der Waals surface area contributed by atoms with Gasteiger partial charge in [-0.2, -0.15) is 0 Å². The normalized spacial score (nSPS) is 10.7. The second kappa shape index (κ2) is 5.20. The molecule has 2 aromatic carbocycles. The summed E-state index contributed by atoms with van der Waals surface area (Å²) in [7, 11) is 0. The molecule has 0 saturated carbocycles. The molecule has 7 heteroatoms. The molecule has 0 amide bonds. The third-order valence-corrected chi connectivity index (χ3v) is 3.24. The van der Waals surface area contributed by atoms with Crippen LogP contribution in [0.3, 0.4) is 0 Å². The Morgan fingerprint density at radius 3 is 2.52 bits per heavy atom. The summed E-state index contributed by atoms with van der Waals surface area (Å²) in [6, 6.07) is 12.8. The predicted molar refractivity (Wildman–Crippen MR) is 77.6 cm³/mol. The highest BCUT2D eigenvalue weighted by Gasteiger charge is 2.22. The lowest BCUT2D eigenvalue weighted by Gasteiger charge is -2.22. The molecule has 0 N–H and O–H groups in total. The van der Waals surface area contributed by atoms with E-state index in [0.717, 1.165) is 11.4 Å². The standard InChI is InChI=1S/C14H12N4O3/c1-2-17(10-6-4-3-5-7-10)11-8-9-12(18(19)20)14-13(11)15-21-16-14/h3-9H,2H2,1H3. The second-order valence-corrected chi connectivity index (χ2v) is 4.40. The number of non-ortho nitro benzene ring substituents is 1. The SMILES string of the molecule is CCN(c1ccccc1)c1ccc([N+](=O)[O-])c2nonc12. The summed E-state index contributed by atoms with van der Waals surface area (Å²) in [4.78, 5) is 12.5. The summed E-state index contributed by atoms with van der Waals surface area (Å²) in [5.41, 5.74) is 2.13. The fraction of sp³-hybridized carbons (Fsp3) is 0.143. The Labute approximate surface area is 119 Å². The zero-order chi connectivity index (χ0) is 14.8. The number of hydrogen-bond donors (Lipinski definition) is 0. The summed E-state index contributed by atoms with van der Waals surface area (Å²) in [6.45, 7) is 2.68. The molecular formula is C14H12N4O3. The van der Waals surface area contributed by atoms with Crippen LogP contribution in [0.5, 0.6) is 0 Å². The fourth-order valence-corrected chi connectivity index (χ4v) is 2.31. The number of nitrogens with zero attached hydrogens (tertiary/aromatic N) is 4. The maximum absolute atomic E-state index is 11.0. The van der Waals surface area contributed by atoms with Crippen LogP contribution in [0.4, 0.5) is 17.1 Å².